The molecule has 114 valence electrons. The van der Waals surface area contributed by atoms with E-state index in [0.717, 1.165) is 17.5 Å². The van der Waals surface area contributed by atoms with Gasteiger partial charge in [-0.2, -0.15) is 5.10 Å². The molecule has 2 rings (SSSR count). The lowest BCUT2D eigenvalue weighted by Crippen LogP contribution is -2.22. The lowest BCUT2D eigenvalue weighted by molar-refractivity contribution is 0.508. The second-order valence-electron chi connectivity index (χ2n) is 5.14. The van der Waals surface area contributed by atoms with Crippen LogP contribution in [0.25, 0.3) is 0 Å². The molecule has 1 aromatic carbocycles. The Morgan fingerprint density at radius 3 is 2.48 bits per heavy atom. The zero-order valence-electron chi connectivity index (χ0n) is 12.5. The first-order valence-electron chi connectivity index (χ1n) is 6.66. The monoisotopic (exact) mass is 313 g/mol. The zero-order valence-corrected chi connectivity index (χ0v) is 13.2. The number of rotatable bonds is 4. The molecule has 1 heterocycles. The molecule has 1 aromatic heterocycles. The Morgan fingerprint density at radius 2 is 1.95 bits per heavy atom. The van der Waals surface area contributed by atoms with Gasteiger partial charge in [0, 0.05) is 31.1 Å². The largest absolute Gasteiger partial charge is 0.313 e. The van der Waals surface area contributed by atoms with Gasteiger partial charge in [-0.15, -0.1) is 0 Å². The molecule has 0 saturated carbocycles. The first-order chi connectivity index (χ1) is 9.85. The minimum Gasteiger partial charge on any atom is -0.313 e. The number of benzene rings is 1. The lowest BCUT2D eigenvalue weighted by atomic mass is 9.99. The maximum Gasteiger partial charge on any atom is 0.130 e. The van der Waals surface area contributed by atoms with Crippen molar-refractivity contribution in [3.8, 4) is 0 Å². The first kappa shape index (κ1) is 15.9. The molecule has 0 aliphatic heterocycles. The fraction of sp³-hybridized carbons (Fsp3) is 0.400. The van der Waals surface area contributed by atoms with Crippen molar-refractivity contribution in [3.05, 3.63) is 51.3 Å². The number of nitrogens with one attached hydrogen (secondary N) is 1. The predicted molar refractivity (Wildman–Crippen MR) is 79.6 cm³/mol. The average Bonchev–Trinajstić information content (AvgIpc) is 2.66. The molecule has 1 unspecified atom stereocenters. The van der Waals surface area contributed by atoms with Crippen molar-refractivity contribution in [3.63, 3.8) is 0 Å². The van der Waals surface area contributed by atoms with E-state index in [1.54, 1.807) is 25.7 Å². The molecule has 0 radical (unpaired) electrons. The van der Waals surface area contributed by atoms with Gasteiger partial charge in [-0.25, -0.2) is 8.78 Å². The highest BCUT2D eigenvalue weighted by Crippen LogP contribution is 2.27. The summed E-state index contributed by atoms with van der Waals surface area (Å²) >= 11 is 6.23. The highest BCUT2D eigenvalue weighted by molar-refractivity contribution is 6.31. The number of halogens is 3. The summed E-state index contributed by atoms with van der Waals surface area (Å²) < 4.78 is 29.1. The van der Waals surface area contributed by atoms with E-state index >= 15 is 0 Å². The van der Waals surface area contributed by atoms with Crippen LogP contribution in [0.3, 0.4) is 0 Å². The van der Waals surface area contributed by atoms with Crippen LogP contribution in [-0.4, -0.2) is 16.8 Å². The van der Waals surface area contributed by atoms with Crippen molar-refractivity contribution < 1.29 is 8.78 Å². The van der Waals surface area contributed by atoms with E-state index < -0.39 is 11.6 Å². The summed E-state index contributed by atoms with van der Waals surface area (Å²) in [6.45, 7) is 3.44. The summed E-state index contributed by atoms with van der Waals surface area (Å²) in [5, 5.41) is 7.89. The number of aryl methyl sites for hydroxylation is 3. The average molecular weight is 314 g/mol. The summed E-state index contributed by atoms with van der Waals surface area (Å²) in [6.07, 6.45) is 0.467. The minimum absolute atomic E-state index is 0.309. The van der Waals surface area contributed by atoms with E-state index in [1.807, 2.05) is 6.92 Å². The van der Waals surface area contributed by atoms with Crippen molar-refractivity contribution in [1.29, 1.82) is 0 Å². The minimum atomic E-state index is -0.563. The van der Waals surface area contributed by atoms with Gasteiger partial charge in [-0.05, 0) is 32.5 Å². The number of aromatic nitrogens is 2. The molecule has 0 saturated heterocycles. The van der Waals surface area contributed by atoms with Crippen LogP contribution in [0.4, 0.5) is 8.78 Å². The van der Waals surface area contributed by atoms with Crippen molar-refractivity contribution in [2.24, 2.45) is 7.05 Å². The molecule has 2 aromatic rings. The van der Waals surface area contributed by atoms with E-state index in [4.69, 9.17) is 11.6 Å². The summed E-state index contributed by atoms with van der Waals surface area (Å²) in [5.74, 6) is -1.10. The molecule has 21 heavy (non-hydrogen) atoms. The van der Waals surface area contributed by atoms with Crippen LogP contribution in [0.1, 0.15) is 28.6 Å². The highest BCUT2D eigenvalue weighted by atomic mass is 35.5. The lowest BCUT2D eigenvalue weighted by Gasteiger charge is -2.18. The predicted octanol–water partition coefficient (Wildman–Crippen LogP) is 3.47. The summed E-state index contributed by atoms with van der Waals surface area (Å²) in [5.41, 5.74) is 2.39. The third-order valence-corrected chi connectivity index (χ3v) is 4.15. The molecular weight excluding hydrogens is 296 g/mol. The zero-order chi connectivity index (χ0) is 15.7. The fourth-order valence-electron chi connectivity index (χ4n) is 2.41. The fourth-order valence-corrected chi connectivity index (χ4v) is 2.65. The van der Waals surface area contributed by atoms with E-state index in [-0.39, 0.29) is 6.04 Å². The molecular formula is C15H18ClF2N3. The molecule has 6 heteroatoms. The van der Waals surface area contributed by atoms with E-state index in [9.17, 15) is 8.78 Å². The quantitative estimate of drug-likeness (QED) is 0.936. The Kier molecular flexibility index (Phi) is 4.64. The van der Waals surface area contributed by atoms with Crippen molar-refractivity contribution in [2.45, 2.75) is 26.3 Å². The van der Waals surface area contributed by atoms with E-state index in [0.29, 0.717) is 22.6 Å². The smallest absolute Gasteiger partial charge is 0.130 e. The van der Waals surface area contributed by atoms with Crippen LogP contribution in [-0.2, 0) is 13.5 Å². The van der Waals surface area contributed by atoms with Crippen LogP contribution in [0, 0.1) is 25.5 Å². The number of hydrogen-bond donors (Lipinski definition) is 1. The number of nitrogens with zero attached hydrogens (tertiary/aromatic N) is 2. The number of likely N-dealkylation sites (N-methyl/N-ethyl adjacent to an activating group) is 1. The highest BCUT2D eigenvalue weighted by Gasteiger charge is 2.21. The second-order valence-corrected chi connectivity index (χ2v) is 5.52. The topological polar surface area (TPSA) is 29.9 Å². The first-order valence-corrected chi connectivity index (χ1v) is 7.03. The van der Waals surface area contributed by atoms with Crippen molar-refractivity contribution in [2.75, 3.05) is 7.05 Å². The van der Waals surface area contributed by atoms with Crippen LogP contribution in [0.15, 0.2) is 12.1 Å². The maximum absolute atomic E-state index is 14.0. The van der Waals surface area contributed by atoms with E-state index in [2.05, 4.69) is 10.4 Å². The molecule has 0 amide bonds. The summed E-state index contributed by atoms with van der Waals surface area (Å²) in [4.78, 5) is 0. The second kappa shape index (κ2) is 6.12. The molecule has 3 nitrogen and oxygen atoms in total. The normalized spacial score (nSPS) is 12.7. The van der Waals surface area contributed by atoms with Crippen molar-refractivity contribution >= 4 is 11.6 Å². The Labute approximate surface area is 127 Å². The van der Waals surface area contributed by atoms with Crippen LogP contribution >= 0.6 is 11.6 Å². The van der Waals surface area contributed by atoms with Gasteiger partial charge in [0.15, 0.2) is 0 Å². The number of hydrogen-bond acceptors (Lipinski definition) is 2. The van der Waals surface area contributed by atoms with Gasteiger partial charge in [0.25, 0.3) is 0 Å². The van der Waals surface area contributed by atoms with Crippen LogP contribution in [0.2, 0.25) is 5.02 Å². The van der Waals surface area contributed by atoms with Gasteiger partial charge in [-0.1, -0.05) is 11.6 Å². The third-order valence-electron chi connectivity index (χ3n) is 3.66. The summed E-state index contributed by atoms with van der Waals surface area (Å²) in [6, 6.07) is 2.14. The van der Waals surface area contributed by atoms with Crippen molar-refractivity contribution in [1.82, 2.24) is 15.1 Å². The van der Waals surface area contributed by atoms with Gasteiger partial charge in [0.1, 0.15) is 11.6 Å². The molecule has 0 fully saturated rings. The van der Waals surface area contributed by atoms with Gasteiger partial charge in [0.05, 0.1) is 16.4 Å². The van der Waals surface area contributed by atoms with Crippen LogP contribution in [0.5, 0.6) is 0 Å². The third kappa shape index (κ3) is 3.09. The molecule has 0 bridgehead atoms. The Hall–Kier alpha value is -1.46. The van der Waals surface area contributed by atoms with Crippen LogP contribution < -0.4 is 5.32 Å². The van der Waals surface area contributed by atoms with Gasteiger partial charge in [-0.3, -0.25) is 4.68 Å². The summed E-state index contributed by atoms with van der Waals surface area (Å²) in [7, 11) is 3.53. The Bertz CT molecular complexity index is 667. The molecule has 1 N–H and O–H groups in total. The molecule has 0 aliphatic carbocycles. The Balaban J connectivity index is 2.39. The molecule has 1 atom stereocenters. The SMILES string of the molecule is CNC(Cc1c(Cl)c(C)nn1C)c1cc(C)c(F)cc1F. The standard InChI is InChI=1S/C15H18ClF2N3/c1-8-5-10(12(18)6-11(8)17)13(19-3)7-14-15(16)9(2)20-21(14)4/h5-6,13,19H,7H2,1-4H3. The maximum atomic E-state index is 14.0. The van der Waals surface area contributed by atoms with Gasteiger partial charge < -0.3 is 5.32 Å². The molecule has 0 spiro atoms. The van der Waals surface area contributed by atoms with E-state index in [1.165, 1.54) is 6.07 Å². The molecule has 0 aliphatic rings. The van der Waals surface area contributed by atoms with Gasteiger partial charge in [0.2, 0.25) is 0 Å². The Morgan fingerprint density at radius 1 is 1.29 bits per heavy atom. The van der Waals surface area contributed by atoms with Gasteiger partial charge >= 0.3 is 0 Å².